The van der Waals surface area contributed by atoms with Gasteiger partial charge in [-0.25, -0.2) is 9.89 Å². The fraction of sp³-hybridized carbons (Fsp3) is 0.0714. The largest absolute Gasteiger partial charge is 0.431 e. The van der Waals surface area contributed by atoms with E-state index in [1.165, 1.54) is 6.08 Å². The quantitative estimate of drug-likeness (QED) is 0.764. The first-order valence-electron chi connectivity index (χ1n) is 6.62. The lowest BCUT2D eigenvalue weighted by molar-refractivity contribution is -0.141. The van der Waals surface area contributed by atoms with E-state index in [2.05, 4.69) is 25.6 Å². The lowest BCUT2D eigenvalue weighted by Crippen LogP contribution is -2.19. The standard InChI is InChI=1S/C14H9F3N6O/c15-14(16,17)11-7-10(18-13(24)19-11)6-3-8-1-4-9(5-2-8)12-20-22-23-21-12/h1-7H,(H,18,19,24)(H,20,21,22,23). The van der Waals surface area contributed by atoms with Crippen LogP contribution in [0.5, 0.6) is 0 Å². The van der Waals surface area contributed by atoms with Crippen LogP contribution in [0.4, 0.5) is 13.2 Å². The van der Waals surface area contributed by atoms with Gasteiger partial charge in [0.05, 0.1) is 5.69 Å². The summed E-state index contributed by atoms with van der Waals surface area (Å²) in [4.78, 5) is 16.4. The highest BCUT2D eigenvalue weighted by atomic mass is 19.4. The number of aromatic amines is 2. The molecule has 0 saturated heterocycles. The second-order valence-corrected chi connectivity index (χ2v) is 4.73. The Bertz CT molecular complexity index is 913. The minimum absolute atomic E-state index is 0.0883. The predicted molar refractivity (Wildman–Crippen MR) is 78.4 cm³/mol. The van der Waals surface area contributed by atoms with Crippen molar-refractivity contribution in [2.75, 3.05) is 0 Å². The van der Waals surface area contributed by atoms with Gasteiger partial charge in [-0.15, -0.1) is 5.10 Å². The molecule has 0 aliphatic rings. The topological polar surface area (TPSA) is 100 Å². The molecule has 3 aromatic rings. The molecule has 0 unspecified atom stereocenters. The fourth-order valence-electron chi connectivity index (χ4n) is 1.93. The summed E-state index contributed by atoms with van der Waals surface area (Å²) in [6.45, 7) is 0. The molecule has 0 fully saturated rings. The second kappa shape index (κ2) is 6.07. The van der Waals surface area contributed by atoms with Gasteiger partial charge < -0.3 is 4.98 Å². The molecule has 0 aliphatic heterocycles. The van der Waals surface area contributed by atoms with Crippen LogP contribution in [0.2, 0.25) is 0 Å². The van der Waals surface area contributed by atoms with Gasteiger partial charge >= 0.3 is 11.9 Å². The van der Waals surface area contributed by atoms with Crippen LogP contribution in [-0.2, 0) is 6.18 Å². The van der Waals surface area contributed by atoms with Crippen molar-refractivity contribution in [3.8, 4) is 11.4 Å². The summed E-state index contributed by atoms with van der Waals surface area (Å²) in [5.74, 6) is 0.497. The highest BCUT2D eigenvalue weighted by Gasteiger charge is 2.32. The molecule has 0 saturated carbocycles. The summed E-state index contributed by atoms with van der Waals surface area (Å²) in [7, 11) is 0. The average Bonchev–Trinajstić information content (AvgIpc) is 3.06. The Morgan fingerprint density at radius 3 is 2.46 bits per heavy atom. The summed E-state index contributed by atoms with van der Waals surface area (Å²) in [5, 5.41) is 13.3. The van der Waals surface area contributed by atoms with Crippen molar-refractivity contribution in [2.24, 2.45) is 0 Å². The van der Waals surface area contributed by atoms with E-state index >= 15 is 0 Å². The highest BCUT2D eigenvalue weighted by Crippen LogP contribution is 2.27. The zero-order chi connectivity index (χ0) is 17.2. The van der Waals surface area contributed by atoms with Gasteiger partial charge in [-0.05, 0) is 28.1 Å². The summed E-state index contributed by atoms with van der Waals surface area (Å²) >= 11 is 0. The molecule has 3 rings (SSSR count). The van der Waals surface area contributed by atoms with Gasteiger partial charge in [0.15, 0.2) is 5.82 Å². The maximum absolute atomic E-state index is 12.6. The number of nitrogens with one attached hydrogen (secondary N) is 2. The fourth-order valence-corrected chi connectivity index (χ4v) is 1.93. The Morgan fingerprint density at radius 1 is 1.08 bits per heavy atom. The van der Waals surface area contributed by atoms with Crippen molar-refractivity contribution in [1.82, 2.24) is 30.6 Å². The predicted octanol–water partition coefficient (Wildman–Crippen LogP) is 2.14. The first-order chi connectivity index (χ1) is 11.4. The van der Waals surface area contributed by atoms with Gasteiger partial charge in [-0.1, -0.05) is 30.3 Å². The van der Waals surface area contributed by atoms with Gasteiger partial charge in [0, 0.05) is 5.56 Å². The maximum atomic E-state index is 12.6. The Labute approximate surface area is 132 Å². The molecule has 0 amide bonds. The van der Waals surface area contributed by atoms with Crippen molar-refractivity contribution in [3.63, 3.8) is 0 Å². The molecule has 24 heavy (non-hydrogen) atoms. The molecule has 122 valence electrons. The number of benzene rings is 1. The van der Waals surface area contributed by atoms with Crippen LogP contribution in [0.15, 0.2) is 35.1 Å². The number of aromatic nitrogens is 6. The van der Waals surface area contributed by atoms with Crippen molar-refractivity contribution in [2.45, 2.75) is 6.18 Å². The molecule has 0 radical (unpaired) electrons. The van der Waals surface area contributed by atoms with E-state index in [-0.39, 0.29) is 5.69 Å². The van der Waals surface area contributed by atoms with E-state index in [0.717, 1.165) is 11.6 Å². The number of halogens is 3. The number of hydrogen-bond acceptors (Lipinski definition) is 5. The van der Waals surface area contributed by atoms with Gasteiger partial charge in [0.25, 0.3) is 0 Å². The molecular formula is C14H9F3N6O. The van der Waals surface area contributed by atoms with Gasteiger partial charge in [-0.2, -0.15) is 18.2 Å². The minimum Gasteiger partial charge on any atom is -0.302 e. The number of H-pyrrole nitrogens is 2. The number of rotatable bonds is 3. The number of nitrogens with zero attached hydrogens (tertiary/aromatic N) is 4. The van der Waals surface area contributed by atoms with Crippen molar-refractivity contribution in [3.05, 3.63) is 57.8 Å². The monoisotopic (exact) mass is 334 g/mol. The zero-order valence-corrected chi connectivity index (χ0v) is 11.9. The smallest absolute Gasteiger partial charge is 0.302 e. The Morgan fingerprint density at radius 2 is 1.83 bits per heavy atom. The van der Waals surface area contributed by atoms with Crippen LogP contribution >= 0.6 is 0 Å². The lowest BCUT2D eigenvalue weighted by atomic mass is 10.1. The summed E-state index contributed by atoms with van der Waals surface area (Å²) in [6, 6.07) is 7.72. The Hall–Kier alpha value is -3.30. The third kappa shape index (κ3) is 3.54. The summed E-state index contributed by atoms with van der Waals surface area (Å²) in [6.07, 6.45) is -1.77. The van der Waals surface area contributed by atoms with Crippen molar-refractivity contribution < 1.29 is 13.2 Å². The van der Waals surface area contributed by atoms with Crippen LogP contribution in [0, 0.1) is 0 Å². The highest BCUT2D eigenvalue weighted by molar-refractivity contribution is 5.69. The maximum Gasteiger partial charge on any atom is 0.431 e. The van der Waals surface area contributed by atoms with Gasteiger partial charge in [0.1, 0.15) is 5.69 Å². The Kier molecular flexibility index (Phi) is 3.94. The molecule has 2 N–H and O–H groups in total. The molecule has 0 atom stereocenters. The molecule has 0 aliphatic carbocycles. The molecule has 0 bridgehead atoms. The summed E-state index contributed by atoms with van der Waals surface area (Å²) < 4.78 is 37.9. The molecule has 2 aromatic heterocycles. The lowest BCUT2D eigenvalue weighted by Gasteiger charge is -2.05. The molecule has 2 heterocycles. The van der Waals surface area contributed by atoms with Gasteiger partial charge in [0.2, 0.25) is 0 Å². The first kappa shape index (κ1) is 15.6. The average molecular weight is 334 g/mol. The zero-order valence-electron chi connectivity index (χ0n) is 11.9. The molecule has 7 nitrogen and oxygen atoms in total. The van der Waals surface area contributed by atoms with Crippen LogP contribution in [-0.4, -0.2) is 30.6 Å². The normalized spacial score (nSPS) is 12.0. The van der Waals surface area contributed by atoms with E-state index in [1.807, 2.05) is 0 Å². The van der Waals surface area contributed by atoms with E-state index in [0.29, 0.717) is 11.4 Å². The molecular weight excluding hydrogens is 325 g/mol. The van der Waals surface area contributed by atoms with Crippen molar-refractivity contribution >= 4 is 12.2 Å². The van der Waals surface area contributed by atoms with E-state index in [4.69, 9.17) is 0 Å². The molecule has 0 spiro atoms. The minimum atomic E-state index is -4.64. The third-order valence-corrected chi connectivity index (χ3v) is 3.05. The van der Waals surface area contributed by atoms with Crippen LogP contribution in [0.1, 0.15) is 17.0 Å². The van der Waals surface area contributed by atoms with Crippen molar-refractivity contribution in [1.29, 1.82) is 0 Å². The summed E-state index contributed by atoms with van der Waals surface area (Å²) in [5.41, 5.74) is -0.824. The first-order valence-corrected chi connectivity index (χ1v) is 6.62. The Balaban J connectivity index is 1.83. The van der Waals surface area contributed by atoms with E-state index in [1.54, 1.807) is 35.3 Å². The van der Waals surface area contributed by atoms with Crippen LogP contribution in [0.25, 0.3) is 23.5 Å². The second-order valence-electron chi connectivity index (χ2n) is 4.73. The number of hydrogen-bond donors (Lipinski definition) is 2. The van der Waals surface area contributed by atoms with E-state index in [9.17, 15) is 18.0 Å². The third-order valence-electron chi connectivity index (χ3n) is 3.05. The van der Waals surface area contributed by atoms with Crippen LogP contribution < -0.4 is 5.69 Å². The SMILES string of the molecule is O=c1nc(C=Cc2ccc(-c3nnn[nH]3)cc2)cc(C(F)(F)F)[nH]1. The van der Waals surface area contributed by atoms with E-state index < -0.39 is 17.6 Å². The van der Waals surface area contributed by atoms with Gasteiger partial charge in [-0.3, -0.25) is 0 Å². The molecule has 1 aromatic carbocycles. The number of tetrazole rings is 1. The number of alkyl halides is 3. The molecule has 10 heteroatoms. The van der Waals surface area contributed by atoms with Crippen LogP contribution in [0.3, 0.4) is 0 Å².